The highest BCUT2D eigenvalue weighted by Crippen LogP contribution is 2.30. The smallest absolute Gasteiger partial charge is 0.128 e. The fourth-order valence-corrected chi connectivity index (χ4v) is 2.14. The first-order valence-electron chi connectivity index (χ1n) is 4.26. The van der Waals surface area contributed by atoms with E-state index in [9.17, 15) is 4.79 Å². The summed E-state index contributed by atoms with van der Waals surface area (Å²) in [6, 6.07) is 0. The Hall–Kier alpha value is -0.740. The second-order valence-corrected chi connectivity index (χ2v) is 4.16. The van der Waals surface area contributed by atoms with Gasteiger partial charge in [0.05, 0.1) is 23.2 Å². The van der Waals surface area contributed by atoms with Crippen molar-refractivity contribution in [3.05, 3.63) is 16.6 Å². The molecule has 0 bridgehead atoms. The Morgan fingerprint density at radius 2 is 2.69 bits per heavy atom. The van der Waals surface area contributed by atoms with E-state index in [0.29, 0.717) is 13.2 Å². The van der Waals surface area contributed by atoms with Crippen molar-refractivity contribution in [1.29, 1.82) is 0 Å². The van der Waals surface area contributed by atoms with Crippen LogP contribution in [0, 0.1) is 5.41 Å². The van der Waals surface area contributed by atoms with E-state index < -0.39 is 0 Å². The molecule has 1 atom stereocenters. The molecule has 0 N–H and O–H groups in total. The summed E-state index contributed by atoms with van der Waals surface area (Å²) in [5, 5.41) is 1.99. The Labute approximate surface area is 80.8 Å². The molecule has 0 aromatic carbocycles. The molecule has 1 fully saturated rings. The minimum atomic E-state index is -0.298. The number of nitrogens with zero attached hydrogens (tertiary/aromatic N) is 1. The third-order valence-electron chi connectivity index (χ3n) is 2.40. The van der Waals surface area contributed by atoms with Gasteiger partial charge in [0, 0.05) is 18.4 Å². The number of aldehydes is 1. The van der Waals surface area contributed by atoms with Crippen LogP contribution in [0.2, 0.25) is 0 Å². The standard InChI is InChI=1S/C9H11NO2S/c11-5-9(1-2-12-6-9)3-8-4-13-7-10-8/h4-5,7H,1-3,6H2. The largest absolute Gasteiger partial charge is 0.380 e. The quantitative estimate of drug-likeness (QED) is 0.685. The number of hydrogen-bond donors (Lipinski definition) is 0. The van der Waals surface area contributed by atoms with Gasteiger partial charge in [0.15, 0.2) is 0 Å². The van der Waals surface area contributed by atoms with E-state index in [0.717, 1.165) is 24.8 Å². The molecular weight excluding hydrogens is 186 g/mol. The average molecular weight is 197 g/mol. The summed E-state index contributed by atoms with van der Waals surface area (Å²) in [6.07, 6.45) is 2.58. The molecule has 2 heterocycles. The Morgan fingerprint density at radius 1 is 1.77 bits per heavy atom. The predicted molar refractivity (Wildman–Crippen MR) is 49.8 cm³/mol. The van der Waals surface area contributed by atoms with E-state index >= 15 is 0 Å². The Bertz CT molecular complexity index is 278. The molecule has 1 aliphatic rings. The highest BCUT2D eigenvalue weighted by atomic mass is 32.1. The van der Waals surface area contributed by atoms with Crippen molar-refractivity contribution in [3.8, 4) is 0 Å². The van der Waals surface area contributed by atoms with Gasteiger partial charge >= 0.3 is 0 Å². The molecule has 0 radical (unpaired) electrons. The van der Waals surface area contributed by atoms with E-state index in [1.165, 1.54) is 0 Å². The SMILES string of the molecule is O=CC1(Cc2cscn2)CCOC1. The van der Waals surface area contributed by atoms with Crippen LogP contribution in [0.1, 0.15) is 12.1 Å². The van der Waals surface area contributed by atoms with E-state index in [4.69, 9.17) is 4.74 Å². The van der Waals surface area contributed by atoms with Crippen LogP contribution in [0.15, 0.2) is 10.9 Å². The number of ether oxygens (including phenoxy) is 1. The second-order valence-electron chi connectivity index (χ2n) is 3.44. The number of aromatic nitrogens is 1. The van der Waals surface area contributed by atoms with Gasteiger partial charge < -0.3 is 9.53 Å². The van der Waals surface area contributed by atoms with Crippen LogP contribution in [-0.2, 0) is 16.0 Å². The molecule has 1 saturated heterocycles. The van der Waals surface area contributed by atoms with Gasteiger partial charge in [-0.3, -0.25) is 0 Å². The van der Waals surface area contributed by atoms with Gasteiger partial charge in [0.2, 0.25) is 0 Å². The lowest BCUT2D eigenvalue weighted by molar-refractivity contribution is -0.116. The highest BCUT2D eigenvalue weighted by Gasteiger charge is 2.35. The lowest BCUT2D eigenvalue weighted by Crippen LogP contribution is -2.25. The summed E-state index contributed by atoms with van der Waals surface area (Å²) in [5.74, 6) is 0. The molecule has 0 spiro atoms. The van der Waals surface area contributed by atoms with Gasteiger partial charge in [0.1, 0.15) is 6.29 Å². The van der Waals surface area contributed by atoms with Crippen molar-refractivity contribution >= 4 is 17.6 Å². The molecule has 70 valence electrons. The monoisotopic (exact) mass is 197 g/mol. The molecule has 0 aliphatic carbocycles. The number of rotatable bonds is 3. The molecule has 2 rings (SSSR count). The van der Waals surface area contributed by atoms with Crippen LogP contribution < -0.4 is 0 Å². The van der Waals surface area contributed by atoms with Crippen molar-refractivity contribution in [3.63, 3.8) is 0 Å². The molecule has 1 aliphatic heterocycles. The van der Waals surface area contributed by atoms with Crippen LogP contribution in [0.4, 0.5) is 0 Å². The predicted octanol–water partition coefficient (Wildman–Crippen LogP) is 1.29. The zero-order valence-electron chi connectivity index (χ0n) is 7.23. The van der Waals surface area contributed by atoms with Crippen LogP contribution in [0.25, 0.3) is 0 Å². The summed E-state index contributed by atoms with van der Waals surface area (Å²) < 4.78 is 5.24. The Morgan fingerprint density at radius 3 is 3.23 bits per heavy atom. The van der Waals surface area contributed by atoms with Crippen LogP contribution in [-0.4, -0.2) is 24.5 Å². The van der Waals surface area contributed by atoms with Gasteiger partial charge in [-0.2, -0.15) is 0 Å². The van der Waals surface area contributed by atoms with E-state index in [2.05, 4.69) is 4.98 Å². The lowest BCUT2D eigenvalue weighted by atomic mass is 9.84. The van der Waals surface area contributed by atoms with Gasteiger partial charge in [-0.15, -0.1) is 11.3 Å². The van der Waals surface area contributed by atoms with Crippen molar-refractivity contribution in [2.45, 2.75) is 12.8 Å². The van der Waals surface area contributed by atoms with Gasteiger partial charge in [-0.1, -0.05) is 0 Å². The zero-order valence-corrected chi connectivity index (χ0v) is 8.05. The van der Waals surface area contributed by atoms with E-state index in [-0.39, 0.29) is 5.41 Å². The van der Waals surface area contributed by atoms with Crippen molar-refractivity contribution in [1.82, 2.24) is 4.98 Å². The minimum Gasteiger partial charge on any atom is -0.380 e. The Kier molecular flexibility index (Phi) is 2.42. The molecular formula is C9H11NO2S. The lowest BCUT2D eigenvalue weighted by Gasteiger charge is -2.17. The topological polar surface area (TPSA) is 39.2 Å². The normalized spacial score (nSPS) is 27.7. The number of carbonyl (C=O) groups is 1. The molecule has 0 saturated carbocycles. The number of thiazole rings is 1. The summed E-state index contributed by atoms with van der Waals surface area (Å²) in [5.41, 5.74) is 2.50. The van der Waals surface area contributed by atoms with Gasteiger partial charge in [0.25, 0.3) is 0 Å². The first kappa shape index (κ1) is 8.84. The van der Waals surface area contributed by atoms with Gasteiger partial charge in [-0.25, -0.2) is 4.98 Å². The summed E-state index contributed by atoms with van der Waals surface area (Å²) in [7, 11) is 0. The first-order chi connectivity index (χ1) is 6.35. The fraction of sp³-hybridized carbons (Fsp3) is 0.556. The third kappa shape index (κ3) is 1.78. The molecule has 3 nitrogen and oxygen atoms in total. The first-order valence-corrected chi connectivity index (χ1v) is 5.20. The minimum absolute atomic E-state index is 0.298. The number of carbonyl (C=O) groups excluding carboxylic acids is 1. The summed E-state index contributed by atoms with van der Waals surface area (Å²) in [6.45, 7) is 1.25. The second kappa shape index (κ2) is 3.55. The summed E-state index contributed by atoms with van der Waals surface area (Å²) >= 11 is 1.56. The van der Waals surface area contributed by atoms with E-state index in [1.807, 2.05) is 5.38 Å². The maximum Gasteiger partial charge on any atom is 0.128 e. The molecule has 4 heteroatoms. The van der Waals surface area contributed by atoms with Crippen LogP contribution in [0.5, 0.6) is 0 Å². The average Bonchev–Trinajstić information content (AvgIpc) is 2.77. The molecule has 1 aromatic rings. The third-order valence-corrected chi connectivity index (χ3v) is 3.04. The zero-order chi connectivity index (χ0) is 9.15. The maximum atomic E-state index is 11.0. The van der Waals surface area contributed by atoms with Gasteiger partial charge in [-0.05, 0) is 6.42 Å². The molecule has 13 heavy (non-hydrogen) atoms. The molecule has 0 amide bonds. The Balaban J connectivity index is 2.10. The van der Waals surface area contributed by atoms with Crippen molar-refractivity contribution < 1.29 is 9.53 Å². The fourth-order valence-electron chi connectivity index (χ4n) is 1.58. The van der Waals surface area contributed by atoms with Crippen molar-refractivity contribution in [2.75, 3.05) is 13.2 Å². The molecule has 1 aromatic heterocycles. The van der Waals surface area contributed by atoms with Crippen molar-refractivity contribution in [2.24, 2.45) is 5.41 Å². The molecule has 1 unspecified atom stereocenters. The van der Waals surface area contributed by atoms with Crippen LogP contribution in [0.3, 0.4) is 0 Å². The van der Waals surface area contributed by atoms with E-state index in [1.54, 1.807) is 16.8 Å². The van der Waals surface area contributed by atoms with Crippen LogP contribution >= 0.6 is 11.3 Å². The summed E-state index contributed by atoms with van der Waals surface area (Å²) in [4.78, 5) is 15.1. The number of hydrogen-bond acceptors (Lipinski definition) is 4. The highest BCUT2D eigenvalue weighted by molar-refractivity contribution is 7.07. The maximum absolute atomic E-state index is 11.0.